The Labute approximate surface area is 115 Å². The van der Waals surface area contributed by atoms with Gasteiger partial charge < -0.3 is 10.6 Å². The van der Waals surface area contributed by atoms with E-state index in [0.29, 0.717) is 6.04 Å². The highest BCUT2D eigenvalue weighted by Crippen LogP contribution is 2.16. The van der Waals surface area contributed by atoms with Crippen molar-refractivity contribution in [3.63, 3.8) is 0 Å². The zero-order valence-electron chi connectivity index (χ0n) is 11.2. The van der Waals surface area contributed by atoms with Crippen LogP contribution in [-0.2, 0) is 0 Å². The number of thioether (sulfide) groups is 1. The topological polar surface area (TPSA) is 24.1 Å². The average Bonchev–Trinajstić information content (AvgIpc) is 2.89. The van der Waals surface area contributed by atoms with E-state index in [1.165, 1.54) is 30.7 Å². The van der Waals surface area contributed by atoms with Crippen LogP contribution in [0.5, 0.6) is 0 Å². The Balaban J connectivity index is 1.54. The van der Waals surface area contributed by atoms with E-state index < -0.39 is 0 Å². The predicted octanol–water partition coefficient (Wildman–Crippen LogP) is 2.90. The third kappa shape index (κ3) is 5.01. The number of nitrogens with one attached hydrogen (secondary N) is 2. The minimum Gasteiger partial charge on any atom is -0.314 e. The molecule has 1 aromatic rings. The first kappa shape index (κ1) is 13.9. The van der Waals surface area contributed by atoms with Gasteiger partial charge in [-0.1, -0.05) is 18.2 Å². The Kier molecular flexibility index (Phi) is 6.05. The summed E-state index contributed by atoms with van der Waals surface area (Å²) in [5, 5.41) is 7.18. The van der Waals surface area contributed by atoms with Crippen LogP contribution >= 0.6 is 11.8 Å². The van der Waals surface area contributed by atoms with Gasteiger partial charge in [0, 0.05) is 29.3 Å². The number of hydrogen-bond donors (Lipinski definition) is 2. The molecule has 0 aromatic heterocycles. The Morgan fingerprint density at radius 3 is 2.94 bits per heavy atom. The van der Waals surface area contributed by atoms with Crippen molar-refractivity contribution in [2.24, 2.45) is 0 Å². The molecule has 1 aliphatic heterocycles. The molecule has 2 unspecified atom stereocenters. The molecule has 0 radical (unpaired) electrons. The Morgan fingerprint density at radius 2 is 2.22 bits per heavy atom. The minimum atomic E-state index is 0.622. The fraction of sp³-hybridized carbons (Fsp3) is 0.600. The lowest BCUT2D eigenvalue weighted by atomic mass is 10.1. The van der Waals surface area contributed by atoms with Crippen molar-refractivity contribution in [3.8, 4) is 0 Å². The van der Waals surface area contributed by atoms with Crippen LogP contribution in [0, 0.1) is 0 Å². The van der Waals surface area contributed by atoms with Gasteiger partial charge in [-0.3, -0.25) is 0 Å². The van der Waals surface area contributed by atoms with Gasteiger partial charge in [0.1, 0.15) is 0 Å². The Hall–Kier alpha value is -0.510. The molecule has 2 rings (SSSR count). The zero-order valence-corrected chi connectivity index (χ0v) is 12.0. The molecule has 2 atom stereocenters. The number of hydrogen-bond acceptors (Lipinski definition) is 3. The first-order chi connectivity index (χ1) is 8.84. The molecule has 0 amide bonds. The summed E-state index contributed by atoms with van der Waals surface area (Å²) in [6.45, 7) is 4.60. The van der Waals surface area contributed by atoms with Crippen LogP contribution in [-0.4, -0.2) is 30.9 Å². The molecule has 0 saturated carbocycles. The fourth-order valence-corrected chi connectivity index (χ4v) is 3.26. The SMILES string of the molecule is CC(CC1CCCN1)NCCSc1ccccc1. The monoisotopic (exact) mass is 264 g/mol. The van der Waals surface area contributed by atoms with E-state index in [9.17, 15) is 0 Å². The van der Waals surface area contributed by atoms with Crippen molar-refractivity contribution in [2.45, 2.75) is 43.2 Å². The van der Waals surface area contributed by atoms with Crippen molar-refractivity contribution in [1.82, 2.24) is 10.6 Å². The molecule has 2 N–H and O–H groups in total. The maximum absolute atomic E-state index is 3.62. The van der Waals surface area contributed by atoms with Crippen LogP contribution in [0.1, 0.15) is 26.2 Å². The lowest BCUT2D eigenvalue weighted by Crippen LogP contribution is -2.34. The van der Waals surface area contributed by atoms with E-state index in [1.807, 2.05) is 11.8 Å². The first-order valence-electron chi connectivity index (χ1n) is 6.99. The van der Waals surface area contributed by atoms with Gasteiger partial charge in [0.2, 0.25) is 0 Å². The third-order valence-corrected chi connectivity index (χ3v) is 4.42. The van der Waals surface area contributed by atoms with Crippen LogP contribution in [0.15, 0.2) is 35.2 Å². The molecular weight excluding hydrogens is 240 g/mol. The van der Waals surface area contributed by atoms with Gasteiger partial charge in [0.05, 0.1) is 0 Å². The van der Waals surface area contributed by atoms with Gasteiger partial charge in [0.15, 0.2) is 0 Å². The second kappa shape index (κ2) is 7.82. The van der Waals surface area contributed by atoms with Crippen LogP contribution in [0.4, 0.5) is 0 Å². The summed E-state index contributed by atoms with van der Waals surface area (Å²) in [6, 6.07) is 12.0. The highest BCUT2D eigenvalue weighted by molar-refractivity contribution is 7.99. The summed E-state index contributed by atoms with van der Waals surface area (Å²) >= 11 is 1.93. The molecule has 1 saturated heterocycles. The molecule has 100 valence electrons. The average molecular weight is 264 g/mol. The van der Waals surface area contributed by atoms with Crippen molar-refractivity contribution in [3.05, 3.63) is 30.3 Å². The minimum absolute atomic E-state index is 0.622. The quantitative estimate of drug-likeness (QED) is 0.585. The van der Waals surface area contributed by atoms with E-state index in [4.69, 9.17) is 0 Å². The normalized spacial score (nSPS) is 21.1. The van der Waals surface area contributed by atoms with Gasteiger partial charge in [-0.2, -0.15) is 0 Å². The number of benzene rings is 1. The molecule has 1 aliphatic rings. The van der Waals surface area contributed by atoms with Crippen LogP contribution in [0.2, 0.25) is 0 Å². The number of rotatable bonds is 7. The van der Waals surface area contributed by atoms with E-state index in [2.05, 4.69) is 47.9 Å². The standard InChI is InChI=1S/C15H24N2S/c1-13(12-14-6-5-9-17-14)16-10-11-18-15-7-3-2-4-8-15/h2-4,7-8,13-14,16-17H,5-6,9-12H2,1H3. The molecule has 1 aromatic carbocycles. The fourth-order valence-electron chi connectivity index (χ4n) is 2.46. The van der Waals surface area contributed by atoms with Crippen LogP contribution in [0.25, 0.3) is 0 Å². The molecule has 2 nitrogen and oxygen atoms in total. The van der Waals surface area contributed by atoms with E-state index in [-0.39, 0.29) is 0 Å². The summed E-state index contributed by atoms with van der Waals surface area (Å²) in [6.07, 6.45) is 3.96. The van der Waals surface area contributed by atoms with Gasteiger partial charge in [-0.15, -0.1) is 11.8 Å². The second-order valence-corrected chi connectivity index (χ2v) is 6.21. The van der Waals surface area contributed by atoms with Crippen molar-refractivity contribution in [1.29, 1.82) is 0 Å². The lowest BCUT2D eigenvalue weighted by molar-refractivity contribution is 0.450. The largest absolute Gasteiger partial charge is 0.314 e. The van der Waals surface area contributed by atoms with E-state index in [1.54, 1.807) is 0 Å². The van der Waals surface area contributed by atoms with E-state index >= 15 is 0 Å². The lowest BCUT2D eigenvalue weighted by Gasteiger charge is -2.18. The second-order valence-electron chi connectivity index (χ2n) is 5.05. The molecule has 0 aliphatic carbocycles. The summed E-state index contributed by atoms with van der Waals surface area (Å²) in [5.74, 6) is 1.15. The summed E-state index contributed by atoms with van der Waals surface area (Å²) in [5.41, 5.74) is 0. The Morgan fingerprint density at radius 1 is 1.39 bits per heavy atom. The highest BCUT2D eigenvalue weighted by Gasteiger charge is 2.16. The zero-order chi connectivity index (χ0) is 12.6. The molecule has 1 heterocycles. The van der Waals surface area contributed by atoms with Crippen molar-refractivity contribution >= 4 is 11.8 Å². The van der Waals surface area contributed by atoms with Gasteiger partial charge in [-0.05, 0) is 44.9 Å². The molecule has 0 bridgehead atoms. The molecule has 3 heteroatoms. The van der Waals surface area contributed by atoms with E-state index in [0.717, 1.165) is 18.3 Å². The van der Waals surface area contributed by atoms with Gasteiger partial charge in [-0.25, -0.2) is 0 Å². The highest BCUT2D eigenvalue weighted by atomic mass is 32.2. The smallest absolute Gasteiger partial charge is 0.0106 e. The molecular formula is C15H24N2S. The first-order valence-corrected chi connectivity index (χ1v) is 7.98. The summed E-state index contributed by atoms with van der Waals surface area (Å²) in [4.78, 5) is 1.37. The van der Waals surface area contributed by atoms with Crippen molar-refractivity contribution in [2.75, 3.05) is 18.8 Å². The van der Waals surface area contributed by atoms with Gasteiger partial charge >= 0.3 is 0 Å². The molecule has 0 spiro atoms. The maximum Gasteiger partial charge on any atom is 0.0106 e. The predicted molar refractivity (Wildman–Crippen MR) is 80.3 cm³/mol. The maximum atomic E-state index is 3.62. The van der Waals surface area contributed by atoms with Crippen LogP contribution in [0.3, 0.4) is 0 Å². The molecule has 18 heavy (non-hydrogen) atoms. The summed E-state index contributed by atoms with van der Waals surface area (Å²) < 4.78 is 0. The van der Waals surface area contributed by atoms with Gasteiger partial charge in [0.25, 0.3) is 0 Å². The van der Waals surface area contributed by atoms with Crippen LogP contribution < -0.4 is 10.6 Å². The molecule has 1 fully saturated rings. The summed E-state index contributed by atoms with van der Waals surface area (Å²) in [7, 11) is 0. The third-order valence-electron chi connectivity index (χ3n) is 3.41. The van der Waals surface area contributed by atoms with Crippen molar-refractivity contribution < 1.29 is 0 Å². The Bertz CT molecular complexity index is 323.